The molecule has 6 nitrogen and oxygen atoms in total. The van der Waals surface area contributed by atoms with Crippen LogP contribution >= 0.6 is 0 Å². The van der Waals surface area contributed by atoms with Gasteiger partial charge in [0.1, 0.15) is 0 Å². The van der Waals surface area contributed by atoms with Crippen molar-refractivity contribution in [2.75, 3.05) is 6.54 Å². The third kappa shape index (κ3) is 5.46. The monoisotopic (exact) mass is 271 g/mol. The highest BCUT2D eigenvalue weighted by Gasteiger charge is 2.26. The van der Waals surface area contributed by atoms with Crippen molar-refractivity contribution >= 4 is 12.0 Å². The Hall–Kier alpha value is -1.30. The first-order valence-electron chi connectivity index (χ1n) is 6.94. The zero-order valence-electron chi connectivity index (χ0n) is 12.0. The van der Waals surface area contributed by atoms with Crippen LogP contribution in [0.5, 0.6) is 0 Å². The molecule has 0 radical (unpaired) electrons. The zero-order valence-corrected chi connectivity index (χ0v) is 12.0. The van der Waals surface area contributed by atoms with Crippen LogP contribution in [0.3, 0.4) is 0 Å². The van der Waals surface area contributed by atoms with Gasteiger partial charge in [0.2, 0.25) is 0 Å². The number of carboxylic acid groups (broad SMARTS) is 1. The van der Waals surface area contributed by atoms with Crippen LogP contribution in [-0.2, 0) is 4.79 Å². The summed E-state index contributed by atoms with van der Waals surface area (Å²) in [5.41, 5.74) is 2.86. The molecule has 3 N–H and O–H groups in total. The fourth-order valence-electron chi connectivity index (χ4n) is 2.44. The Morgan fingerprint density at radius 3 is 2.42 bits per heavy atom. The quantitative estimate of drug-likeness (QED) is 0.709. The predicted octanol–water partition coefficient (Wildman–Crippen LogP) is 1.57. The fraction of sp³-hybridized carbons (Fsp3) is 0.846. The van der Waals surface area contributed by atoms with Crippen molar-refractivity contribution < 1.29 is 14.7 Å². The van der Waals surface area contributed by atoms with Crippen molar-refractivity contribution in [2.24, 2.45) is 5.92 Å². The molecule has 3 unspecified atom stereocenters. The van der Waals surface area contributed by atoms with Crippen LogP contribution in [0.1, 0.15) is 46.5 Å². The van der Waals surface area contributed by atoms with Gasteiger partial charge in [-0.1, -0.05) is 13.3 Å². The smallest absolute Gasteiger partial charge is 0.329 e. The van der Waals surface area contributed by atoms with Crippen LogP contribution in [0.25, 0.3) is 0 Å². The van der Waals surface area contributed by atoms with E-state index < -0.39 is 5.97 Å². The van der Waals surface area contributed by atoms with Gasteiger partial charge in [0.25, 0.3) is 0 Å². The van der Waals surface area contributed by atoms with E-state index in [0.717, 1.165) is 12.8 Å². The molecule has 2 amide bonds. The first kappa shape index (κ1) is 15.8. The van der Waals surface area contributed by atoms with Crippen molar-refractivity contribution in [3.05, 3.63) is 0 Å². The van der Waals surface area contributed by atoms with Crippen LogP contribution in [-0.4, -0.2) is 40.7 Å². The molecule has 0 bridgehead atoms. The van der Waals surface area contributed by atoms with Crippen LogP contribution in [0.2, 0.25) is 0 Å². The third-order valence-electron chi connectivity index (χ3n) is 3.56. The van der Waals surface area contributed by atoms with Crippen LogP contribution in [0.4, 0.5) is 4.79 Å². The number of urea groups is 1. The molecule has 1 saturated heterocycles. The van der Waals surface area contributed by atoms with Crippen molar-refractivity contribution in [3.8, 4) is 0 Å². The number of aliphatic carboxylic acids is 1. The minimum Gasteiger partial charge on any atom is -0.481 e. The molecule has 1 rings (SSSR count). The molecule has 0 aliphatic carbocycles. The summed E-state index contributed by atoms with van der Waals surface area (Å²) in [5.74, 6) is -0.910. The number of carboxylic acids is 1. The summed E-state index contributed by atoms with van der Waals surface area (Å²) >= 11 is 0. The second-order valence-corrected chi connectivity index (χ2v) is 5.56. The van der Waals surface area contributed by atoms with Gasteiger partial charge in [-0.3, -0.25) is 10.2 Å². The van der Waals surface area contributed by atoms with Crippen LogP contribution in [0.15, 0.2) is 0 Å². The maximum absolute atomic E-state index is 11.8. The number of nitrogens with zero attached hydrogens (tertiary/aromatic N) is 1. The van der Waals surface area contributed by atoms with E-state index in [2.05, 4.69) is 24.6 Å². The topological polar surface area (TPSA) is 81.7 Å². The average molecular weight is 271 g/mol. The van der Waals surface area contributed by atoms with E-state index in [-0.39, 0.29) is 18.4 Å². The van der Waals surface area contributed by atoms with E-state index in [9.17, 15) is 9.59 Å². The summed E-state index contributed by atoms with van der Waals surface area (Å²) in [6.07, 6.45) is 3.43. The highest BCUT2D eigenvalue weighted by atomic mass is 16.4. The van der Waals surface area contributed by atoms with Crippen LogP contribution < -0.4 is 10.7 Å². The highest BCUT2D eigenvalue weighted by molar-refractivity contribution is 5.73. The van der Waals surface area contributed by atoms with Gasteiger partial charge in [0.05, 0.1) is 0 Å². The molecule has 6 heteroatoms. The molecule has 0 aromatic heterocycles. The van der Waals surface area contributed by atoms with E-state index in [1.165, 1.54) is 6.42 Å². The van der Waals surface area contributed by atoms with E-state index in [4.69, 9.17) is 5.11 Å². The van der Waals surface area contributed by atoms with E-state index in [1.54, 1.807) is 6.92 Å². The summed E-state index contributed by atoms with van der Waals surface area (Å²) in [5, 5.41) is 13.4. The van der Waals surface area contributed by atoms with Crippen molar-refractivity contribution in [1.29, 1.82) is 0 Å². The minimum absolute atomic E-state index is 0.0663. The predicted molar refractivity (Wildman–Crippen MR) is 72.6 cm³/mol. The van der Waals surface area contributed by atoms with Gasteiger partial charge in [0, 0.05) is 25.0 Å². The minimum atomic E-state index is -0.840. The fourth-order valence-corrected chi connectivity index (χ4v) is 2.44. The summed E-state index contributed by atoms with van der Waals surface area (Å²) in [7, 11) is 0. The maximum atomic E-state index is 11.8. The molecule has 0 aromatic rings. The molecular weight excluding hydrogens is 246 g/mol. The molecule has 1 aliphatic heterocycles. The molecule has 19 heavy (non-hydrogen) atoms. The number of carbonyl (C=O) groups excluding carboxylic acids is 1. The van der Waals surface area contributed by atoms with Gasteiger partial charge >= 0.3 is 12.0 Å². The molecule has 0 aromatic carbocycles. The normalized spacial score (nSPS) is 25.6. The van der Waals surface area contributed by atoms with Gasteiger partial charge < -0.3 is 10.4 Å². The zero-order chi connectivity index (χ0) is 14.4. The summed E-state index contributed by atoms with van der Waals surface area (Å²) in [4.78, 5) is 22.3. The van der Waals surface area contributed by atoms with E-state index in [0.29, 0.717) is 18.6 Å². The van der Waals surface area contributed by atoms with Crippen molar-refractivity contribution in [3.63, 3.8) is 0 Å². The lowest BCUT2D eigenvalue weighted by molar-refractivity contribution is -0.137. The average Bonchev–Trinajstić information content (AvgIpc) is 2.30. The molecule has 1 heterocycles. The molecule has 110 valence electrons. The number of hydrazine groups is 1. The molecule has 3 atom stereocenters. The third-order valence-corrected chi connectivity index (χ3v) is 3.56. The summed E-state index contributed by atoms with van der Waals surface area (Å²) in [6.45, 7) is 6.38. The highest BCUT2D eigenvalue weighted by Crippen LogP contribution is 2.19. The number of rotatable bonds is 5. The van der Waals surface area contributed by atoms with Gasteiger partial charge in [-0.25, -0.2) is 9.80 Å². The van der Waals surface area contributed by atoms with Crippen LogP contribution in [0, 0.1) is 5.92 Å². The molecular formula is C13H25N3O3. The summed E-state index contributed by atoms with van der Waals surface area (Å²) in [6, 6.07) is 0.426. The lowest BCUT2D eigenvalue weighted by atomic mass is 10.00. The Morgan fingerprint density at radius 1 is 1.32 bits per heavy atom. The Kier molecular flexibility index (Phi) is 6.08. The summed E-state index contributed by atoms with van der Waals surface area (Å²) < 4.78 is 0. The maximum Gasteiger partial charge on any atom is 0.329 e. The van der Waals surface area contributed by atoms with Gasteiger partial charge in [-0.05, 0) is 32.6 Å². The SMILES string of the molecule is CC(CNC(=O)NN1C(C)CCCC1C)CC(=O)O. The lowest BCUT2D eigenvalue weighted by Crippen LogP contribution is -2.56. The molecule has 1 fully saturated rings. The Balaban J connectivity index is 2.32. The second-order valence-electron chi connectivity index (χ2n) is 5.56. The largest absolute Gasteiger partial charge is 0.481 e. The Morgan fingerprint density at radius 2 is 1.89 bits per heavy atom. The first-order chi connectivity index (χ1) is 8.90. The molecule has 1 aliphatic rings. The van der Waals surface area contributed by atoms with Gasteiger partial charge in [0.15, 0.2) is 0 Å². The number of carbonyl (C=O) groups is 2. The molecule has 0 spiro atoms. The first-order valence-corrected chi connectivity index (χ1v) is 6.94. The van der Waals surface area contributed by atoms with Crippen molar-refractivity contribution in [2.45, 2.75) is 58.5 Å². The number of piperidine rings is 1. The number of hydrogen-bond acceptors (Lipinski definition) is 3. The second kappa shape index (κ2) is 7.33. The van der Waals surface area contributed by atoms with Crippen molar-refractivity contribution in [1.82, 2.24) is 15.8 Å². The number of amides is 2. The molecule has 0 saturated carbocycles. The lowest BCUT2D eigenvalue weighted by Gasteiger charge is -2.38. The standard InChI is InChI=1S/C13H25N3O3/c1-9(7-12(17)18)8-14-13(19)15-16-10(2)5-4-6-11(16)3/h9-11H,4-8H2,1-3H3,(H,17,18)(H2,14,15,19). The van der Waals surface area contributed by atoms with Gasteiger partial charge in [-0.15, -0.1) is 0 Å². The van der Waals surface area contributed by atoms with E-state index in [1.807, 2.05) is 5.01 Å². The number of nitrogens with one attached hydrogen (secondary N) is 2. The van der Waals surface area contributed by atoms with Gasteiger partial charge in [-0.2, -0.15) is 0 Å². The van der Waals surface area contributed by atoms with E-state index >= 15 is 0 Å². The Bertz CT molecular complexity index is 312. The Labute approximate surface area is 114 Å². The number of hydrogen-bond donors (Lipinski definition) is 3.